The predicted octanol–water partition coefficient (Wildman–Crippen LogP) is 2.15. The number of para-hydroxylation sites is 1. The number of rotatable bonds is 5. The smallest absolute Gasteiger partial charge is 0.251 e. The number of carbonyl (C=O) groups is 2. The van der Waals surface area contributed by atoms with Crippen molar-refractivity contribution in [3.8, 4) is 0 Å². The van der Waals surface area contributed by atoms with E-state index in [0.717, 1.165) is 49.3 Å². The number of amides is 2. The molecule has 0 unspecified atom stereocenters. The van der Waals surface area contributed by atoms with E-state index in [1.165, 1.54) is 0 Å². The summed E-state index contributed by atoms with van der Waals surface area (Å²) >= 11 is 0. The van der Waals surface area contributed by atoms with E-state index in [-0.39, 0.29) is 11.8 Å². The molecule has 2 N–H and O–H groups in total. The molecule has 2 heterocycles. The first-order chi connectivity index (χ1) is 14.1. The molecule has 2 aliphatic rings. The minimum atomic E-state index is -0.456. The lowest BCUT2D eigenvalue weighted by atomic mass is 9.85. The number of anilines is 1. The summed E-state index contributed by atoms with van der Waals surface area (Å²) in [6, 6.07) is 17.8. The minimum absolute atomic E-state index is 0.0259. The lowest BCUT2D eigenvalue weighted by Gasteiger charge is -2.43. The average Bonchev–Trinajstić information content (AvgIpc) is 3.06. The summed E-state index contributed by atoms with van der Waals surface area (Å²) in [4.78, 5) is 29.6. The van der Waals surface area contributed by atoms with Crippen molar-refractivity contribution in [2.75, 3.05) is 37.7 Å². The second kappa shape index (κ2) is 8.25. The van der Waals surface area contributed by atoms with Crippen molar-refractivity contribution in [3.63, 3.8) is 0 Å². The van der Waals surface area contributed by atoms with Crippen LogP contribution in [0.25, 0.3) is 0 Å². The summed E-state index contributed by atoms with van der Waals surface area (Å²) in [6.45, 7) is 5.60. The Morgan fingerprint density at radius 3 is 2.48 bits per heavy atom. The van der Waals surface area contributed by atoms with Gasteiger partial charge in [0.15, 0.2) is 0 Å². The molecule has 4 rings (SSSR count). The van der Waals surface area contributed by atoms with Crippen LogP contribution in [0.4, 0.5) is 5.69 Å². The van der Waals surface area contributed by atoms with Gasteiger partial charge in [0.25, 0.3) is 5.91 Å². The SMILES string of the molecule is Cc1ccccc1C(=O)NCCN1CCC2(CC1)C(=O)NCN2c1ccccc1. The second-order valence-corrected chi connectivity index (χ2v) is 7.87. The molecule has 2 aliphatic heterocycles. The topological polar surface area (TPSA) is 64.7 Å². The molecule has 0 bridgehead atoms. The Bertz CT molecular complexity index is 875. The molecule has 2 aromatic rings. The molecular formula is C23H28N4O2. The van der Waals surface area contributed by atoms with Crippen LogP contribution in [0.5, 0.6) is 0 Å². The zero-order valence-corrected chi connectivity index (χ0v) is 16.9. The van der Waals surface area contributed by atoms with Gasteiger partial charge < -0.3 is 20.4 Å². The number of hydrogen-bond acceptors (Lipinski definition) is 4. The molecule has 1 spiro atoms. The van der Waals surface area contributed by atoms with Crippen molar-refractivity contribution in [1.29, 1.82) is 0 Å². The molecule has 0 aromatic heterocycles. The summed E-state index contributed by atoms with van der Waals surface area (Å²) in [5.74, 6) is 0.107. The van der Waals surface area contributed by atoms with Crippen LogP contribution in [0.15, 0.2) is 54.6 Å². The number of likely N-dealkylation sites (tertiary alicyclic amines) is 1. The number of aryl methyl sites for hydroxylation is 1. The fraction of sp³-hybridized carbons (Fsp3) is 0.391. The number of piperidine rings is 1. The van der Waals surface area contributed by atoms with Gasteiger partial charge in [-0.2, -0.15) is 0 Å². The maximum Gasteiger partial charge on any atom is 0.251 e. The predicted molar refractivity (Wildman–Crippen MR) is 114 cm³/mol. The number of benzene rings is 2. The summed E-state index contributed by atoms with van der Waals surface area (Å²) in [5.41, 5.74) is 2.34. The van der Waals surface area contributed by atoms with E-state index < -0.39 is 5.54 Å². The lowest BCUT2D eigenvalue weighted by Crippen LogP contribution is -2.57. The van der Waals surface area contributed by atoms with Crippen LogP contribution in [0.2, 0.25) is 0 Å². The van der Waals surface area contributed by atoms with Crippen LogP contribution in [0, 0.1) is 6.92 Å². The fourth-order valence-corrected chi connectivity index (χ4v) is 4.43. The van der Waals surface area contributed by atoms with Crippen LogP contribution < -0.4 is 15.5 Å². The van der Waals surface area contributed by atoms with E-state index in [1.807, 2.05) is 49.4 Å². The van der Waals surface area contributed by atoms with Gasteiger partial charge in [0.2, 0.25) is 5.91 Å². The maximum absolute atomic E-state index is 12.7. The van der Waals surface area contributed by atoms with E-state index in [1.54, 1.807) is 0 Å². The van der Waals surface area contributed by atoms with Gasteiger partial charge in [-0.05, 0) is 43.5 Å². The molecule has 29 heavy (non-hydrogen) atoms. The van der Waals surface area contributed by atoms with Gasteiger partial charge in [0.05, 0.1) is 6.67 Å². The van der Waals surface area contributed by atoms with Crippen LogP contribution >= 0.6 is 0 Å². The molecule has 2 aromatic carbocycles. The Balaban J connectivity index is 1.31. The van der Waals surface area contributed by atoms with Gasteiger partial charge in [0, 0.05) is 37.4 Å². The standard InChI is InChI=1S/C23H28N4O2/c1-18-7-5-6-10-20(18)21(28)24-13-16-26-14-11-23(12-15-26)22(29)25-17-27(23)19-8-3-2-4-9-19/h2-10H,11-17H2,1H3,(H,24,28)(H,25,29). The molecular weight excluding hydrogens is 364 g/mol. The zero-order valence-electron chi connectivity index (χ0n) is 16.9. The van der Waals surface area contributed by atoms with Crippen LogP contribution in [0.1, 0.15) is 28.8 Å². The molecule has 6 nitrogen and oxygen atoms in total. The summed E-state index contributed by atoms with van der Waals surface area (Å²) in [5, 5.41) is 6.06. The molecule has 2 saturated heterocycles. The molecule has 0 atom stereocenters. The van der Waals surface area contributed by atoms with Crippen molar-refractivity contribution in [3.05, 3.63) is 65.7 Å². The van der Waals surface area contributed by atoms with Crippen molar-refractivity contribution < 1.29 is 9.59 Å². The molecule has 0 aliphatic carbocycles. The van der Waals surface area contributed by atoms with Crippen molar-refractivity contribution in [2.45, 2.75) is 25.3 Å². The van der Waals surface area contributed by atoms with Crippen LogP contribution in [-0.2, 0) is 4.79 Å². The fourth-order valence-electron chi connectivity index (χ4n) is 4.43. The second-order valence-electron chi connectivity index (χ2n) is 7.87. The van der Waals surface area contributed by atoms with E-state index in [4.69, 9.17) is 0 Å². The molecule has 0 saturated carbocycles. The van der Waals surface area contributed by atoms with Gasteiger partial charge in [-0.1, -0.05) is 36.4 Å². The van der Waals surface area contributed by atoms with Crippen molar-refractivity contribution in [2.24, 2.45) is 0 Å². The minimum Gasteiger partial charge on any atom is -0.351 e. The molecule has 152 valence electrons. The van der Waals surface area contributed by atoms with Gasteiger partial charge in [-0.25, -0.2) is 0 Å². The van der Waals surface area contributed by atoms with Crippen LogP contribution in [-0.4, -0.2) is 55.1 Å². The van der Waals surface area contributed by atoms with Gasteiger partial charge >= 0.3 is 0 Å². The van der Waals surface area contributed by atoms with Gasteiger partial charge in [-0.3, -0.25) is 9.59 Å². The number of nitrogens with one attached hydrogen (secondary N) is 2. The largest absolute Gasteiger partial charge is 0.351 e. The van der Waals surface area contributed by atoms with E-state index in [0.29, 0.717) is 13.2 Å². The van der Waals surface area contributed by atoms with Gasteiger partial charge in [-0.15, -0.1) is 0 Å². The number of nitrogens with zero attached hydrogens (tertiary/aromatic N) is 2. The Hall–Kier alpha value is -2.86. The first-order valence-corrected chi connectivity index (χ1v) is 10.3. The number of carbonyl (C=O) groups excluding carboxylic acids is 2. The highest BCUT2D eigenvalue weighted by Crippen LogP contribution is 2.35. The Morgan fingerprint density at radius 2 is 1.76 bits per heavy atom. The van der Waals surface area contributed by atoms with Crippen molar-refractivity contribution in [1.82, 2.24) is 15.5 Å². The monoisotopic (exact) mass is 392 g/mol. The zero-order chi connectivity index (χ0) is 20.3. The highest BCUT2D eigenvalue weighted by Gasteiger charge is 2.50. The normalized spacial score (nSPS) is 18.7. The van der Waals surface area contributed by atoms with Crippen LogP contribution in [0.3, 0.4) is 0 Å². The highest BCUT2D eigenvalue weighted by atomic mass is 16.2. The third-order valence-corrected chi connectivity index (χ3v) is 6.19. The third kappa shape index (κ3) is 3.85. The van der Waals surface area contributed by atoms with Gasteiger partial charge in [0.1, 0.15) is 5.54 Å². The Morgan fingerprint density at radius 1 is 1.07 bits per heavy atom. The summed E-state index contributed by atoms with van der Waals surface area (Å²) < 4.78 is 0. The summed E-state index contributed by atoms with van der Waals surface area (Å²) in [7, 11) is 0. The molecule has 2 fully saturated rings. The molecule has 2 amide bonds. The van der Waals surface area contributed by atoms with E-state index >= 15 is 0 Å². The molecule has 6 heteroatoms. The third-order valence-electron chi connectivity index (χ3n) is 6.19. The quantitative estimate of drug-likeness (QED) is 0.819. The first kappa shape index (κ1) is 19.5. The number of hydrogen-bond donors (Lipinski definition) is 2. The lowest BCUT2D eigenvalue weighted by molar-refractivity contribution is -0.125. The maximum atomic E-state index is 12.7. The van der Waals surface area contributed by atoms with E-state index in [2.05, 4.69) is 32.6 Å². The van der Waals surface area contributed by atoms with E-state index in [9.17, 15) is 9.59 Å². The summed E-state index contributed by atoms with van der Waals surface area (Å²) in [6.07, 6.45) is 1.58. The Kier molecular flexibility index (Phi) is 5.53. The molecule has 0 radical (unpaired) electrons. The highest BCUT2D eigenvalue weighted by molar-refractivity contribution is 5.95. The Labute approximate surface area is 171 Å². The van der Waals surface area contributed by atoms with Crippen molar-refractivity contribution >= 4 is 17.5 Å². The average molecular weight is 393 g/mol. The first-order valence-electron chi connectivity index (χ1n) is 10.3.